The predicted molar refractivity (Wildman–Crippen MR) is 77.7 cm³/mol. The first-order chi connectivity index (χ1) is 8.82. The van der Waals surface area contributed by atoms with Gasteiger partial charge in [-0.1, -0.05) is 32.4 Å². The Labute approximate surface area is 118 Å². The number of aryl methyl sites for hydroxylation is 1. The van der Waals surface area contributed by atoms with Gasteiger partial charge in [0.2, 0.25) is 0 Å². The molecule has 0 unspecified atom stereocenters. The molecule has 19 heavy (non-hydrogen) atoms. The van der Waals surface area contributed by atoms with Crippen LogP contribution in [0.15, 0.2) is 24.4 Å². The summed E-state index contributed by atoms with van der Waals surface area (Å²) in [6, 6.07) is 5.28. The van der Waals surface area contributed by atoms with E-state index in [4.69, 9.17) is 11.6 Å². The van der Waals surface area contributed by atoms with Crippen LogP contribution in [0.3, 0.4) is 0 Å². The zero-order valence-electron chi connectivity index (χ0n) is 11.6. The van der Waals surface area contributed by atoms with E-state index in [1.807, 2.05) is 19.3 Å². The number of carbonyl (C=O) groups is 1. The van der Waals surface area contributed by atoms with Crippen LogP contribution >= 0.6 is 11.6 Å². The third kappa shape index (κ3) is 2.71. The van der Waals surface area contributed by atoms with Crippen LogP contribution in [0.25, 0.3) is 11.1 Å². The minimum absolute atomic E-state index is 0.0981. The van der Waals surface area contributed by atoms with Gasteiger partial charge in [-0.15, -0.1) is 0 Å². The Bertz CT molecular complexity index is 624. The molecule has 0 saturated heterocycles. The van der Waals surface area contributed by atoms with Gasteiger partial charge in [0.25, 0.3) is 0 Å². The van der Waals surface area contributed by atoms with E-state index < -0.39 is 0 Å². The van der Waals surface area contributed by atoms with E-state index >= 15 is 0 Å². The number of nitrogens with zero attached hydrogens (tertiary/aromatic N) is 2. The monoisotopic (exact) mass is 276 g/mol. The lowest BCUT2D eigenvalue weighted by atomic mass is 9.86. The molecule has 0 spiro atoms. The van der Waals surface area contributed by atoms with Gasteiger partial charge in [-0.2, -0.15) is 5.10 Å². The molecular weight excluding hydrogens is 260 g/mol. The molecule has 0 amide bonds. The second-order valence-corrected chi connectivity index (χ2v) is 6.10. The van der Waals surface area contributed by atoms with Gasteiger partial charge in [0.05, 0.1) is 5.69 Å². The molecule has 0 aliphatic rings. The maximum absolute atomic E-state index is 11.2. The van der Waals surface area contributed by atoms with E-state index in [2.05, 4.69) is 25.9 Å². The molecule has 0 N–H and O–H groups in total. The maximum atomic E-state index is 11.2. The summed E-state index contributed by atoms with van der Waals surface area (Å²) in [6.45, 7) is 6.30. The largest absolute Gasteiger partial charge is 0.298 e. The van der Waals surface area contributed by atoms with Crippen molar-refractivity contribution in [2.45, 2.75) is 26.2 Å². The van der Waals surface area contributed by atoms with Crippen molar-refractivity contribution in [1.29, 1.82) is 0 Å². The van der Waals surface area contributed by atoms with Crippen molar-refractivity contribution in [3.63, 3.8) is 0 Å². The molecule has 1 aromatic carbocycles. The zero-order valence-corrected chi connectivity index (χ0v) is 12.3. The zero-order chi connectivity index (χ0) is 14.2. The predicted octanol–water partition coefficient (Wildman–Crippen LogP) is 3.85. The average molecular weight is 277 g/mol. The third-order valence-electron chi connectivity index (χ3n) is 2.97. The van der Waals surface area contributed by atoms with Crippen LogP contribution in [-0.4, -0.2) is 16.1 Å². The van der Waals surface area contributed by atoms with Crippen LogP contribution in [-0.2, 0) is 12.5 Å². The summed E-state index contributed by atoms with van der Waals surface area (Å²) in [7, 11) is 1.88. The molecule has 0 bridgehead atoms. The van der Waals surface area contributed by atoms with Crippen LogP contribution in [0.4, 0.5) is 0 Å². The highest BCUT2D eigenvalue weighted by molar-refractivity contribution is 6.31. The summed E-state index contributed by atoms with van der Waals surface area (Å²) in [5.74, 6) is 0. The lowest BCUT2D eigenvalue weighted by molar-refractivity contribution is 0.112. The van der Waals surface area contributed by atoms with E-state index in [0.29, 0.717) is 10.6 Å². The lowest BCUT2D eigenvalue weighted by Crippen LogP contribution is -2.14. The van der Waals surface area contributed by atoms with Crippen molar-refractivity contribution in [3.8, 4) is 11.1 Å². The second-order valence-electron chi connectivity index (χ2n) is 5.66. The highest BCUT2D eigenvalue weighted by Gasteiger charge is 2.24. The van der Waals surface area contributed by atoms with Crippen molar-refractivity contribution in [2.75, 3.05) is 0 Å². The molecule has 1 aromatic heterocycles. The molecule has 0 aliphatic carbocycles. The maximum Gasteiger partial charge on any atom is 0.150 e. The van der Waals surface area contributed by atoms with Crippen LogP contribution in [0.5, 0.6) is 0 Å². The number of benzene rings is 1. The molecule has 0 atom stereocenters. The number of hydrogen-bond acceptors (Lipinski definition) is 2. The van der Waals surface area contributed by atoms with Crippen molar-refractivity contribution in [1.82, 2.24) is 9.78 Å². The normalized spacial score (nSPS) is 11.6. The van der Waals surface area contributed by atoms with Gasteiger partial charge >= 0.3 is 0 Å². The fraction of sp³-hybridized carbons (Fsp3) is 0.333. The van der Waals surface area contributed by atoms with Gasteiger partial charge in [-0.3, -0.25) is 9.48 Å². The minimum atomic E-state index is -0.0981. The molecule has 0 radical (unpaired) electrons. The van der Waals surface area contributed by atoms with Crippen LogP contribution < -0.4 is 0 Å². The van der Waals surface area contributed by atoms with E-state index in [1.54, 1.807) is 16.8 Å². The standard InChI is InChI=1S/C15H17ClN2O/c1-15(2,3)14-13(8-18(4)17-14)12-7-11(16)6-5-10(12)9-19/h5-9H,1-4H3. The van der Waals surface area contributed by atoms with E-state index in [-0.39, 0.29) is 5.41 Å². The number of aldehydes is 1. The van der Waals surface area contributed by atoms with E-state index in [9.17, 15) is 4.79 Å². The molecule has 1 heterocycles. The van der Waals surface area contributed by atoms with Gasteiger partial charge in [0, 0.05) is 34.8 Å². The van der Waals surface area contributed by atoms with Gasteiger partial charge in [-0.05, 0) is 23.8 Å². The van der Waals surface area contributed by atoms with Crippen LogP contribution in [0.1, 0.15) is 36.8 Å². The molecule has 0 fully saturated rings. The summed E-state index contributed by atoms with van der Waals surface area (Å²) in [4.78, 5) is 11.2. The Morgan fingerprint density at radius 2 is 1.95 bits per heavy atom. The number of carbonyl (C=O) groups excluding carboxylic acids is 1. The molecule has 3 nitrogen and oxygen atoms in total. The number of aromatic nitrogens is 2. The number of halogens is 1. The van der Waals surface area contributed by atoms with E-state index in [0.717, 1.165) is 23.1 Å². The Hall–Kier alpha value is -1.61. The average Bonchev–Trinajstić information content (AvgIpc) is 2.71. The van der Waals surface area contributed by atoms with Gasteiger partial charge in [0.15, 0.2) is 6.29 Å². The Morgan fingerprint density at radius 3 is 2.53 bits per heavy atom. The summed E-state index contributed by atoms with van der Waals surface area (Å²) >= 11 is 6.05. The molecule has 100 valence electrons. The lowest BCUT2D eigenvalue weighted by Gasteiger charge is -2.18. The molecule has 0 aliphatic heterocycles. The number of hydrogen-bond donors (Lipinski definition) is 0. The topological polar surface area (TPSA) is 34.9 Å². The van der Waals surface area contributed by atoms with Gasteiger partial charge in [0.1, 0.15) is 0 Å². The van der Waals surface area contributed by atoms with Crippen molar-refractivity contribution < 1.29 is 4.79 Å². The Morgan fingerprint density at radius 1 is 1.26 bits per heavy atom. The summed E-state index contributed by atoms with van der Waals surface area (Å²) in [6.07, 6.45) is 2.78. The summed E-state index contributed by atoms with van der Waals surface area (Å²) in [5, 5.41) is 5.14. The number of rotatable bonds is 2. The third-order valence-corrected chi connectivity index (χ3v) is 3.21. The first kappa shape index (κ1) is 13.8. The van der Waals surface area contributed by atoms with Gasteiger partial charge < -0.3 is 0 Å². The Balaban J connectivity index is 2.72. The van der Waals surface area contributed by atoms with Crippen molar-refractivity contribution >= 4 is 17.9 Å². The first-order valence-corrected chi connectivity index (χ1v) is 6.50. The van der Waals surface area contributed by atoms with Crippen molar-refractivity contribution in [3.05, 3.63) is 40.7 Å². The minimum Gasteiger partial charge on any atom is -0.298 e. The van der Waals surface area contributed by atoms with E-state index in [1.165, 1.54) is 0 Å². The summed E-state index contributed by atoms with van der Waals surface area (Å²) < 4.78 is 1.77. The molecule has 4 heteroatoms. The molecule has 2 rings (SSSR count). The summed E-state index contributed by atoms with van der Waals surface area (Å²) in [5.41, 5.74) is 3.28. The molecular formula is C15H17ClN2O. The van der Waals surface area contributed by atoms with Crippen LogP contribution in [0, 0.1) is 0 Å². The second kappa shape index (κ2) is 4.82. The highest BCUT2D eigenvalue weighted by atomic mass is 35.5. The fourth-order valence-electron chi connectivity index (χ4n) is 2.10. The Kier molecular flexibility index (Phi) is 3.50. The smallest absolute Gasteiger partial charge is 0.150 e. The fourth-order valence-corrected chi connectivity index (χ4v) is 2.28. The SMILES string of the molecule is Cn1cc(-c2cc(Cl)ccc2C=O)c(C(C)(C)C)n1. The van der Waals surface area contributed by atoms with Crippen molar-refractivity contribution in [2.24, 2.45) is 7.05 Å². The first-order valence-electron chi connectivity index (χ1n) is 6.12. The molecule has 0 saturated carbocycles. The quantitative estimate of drug-likeness (QED) is 0.781. The van der Waals surface area contributed by atoms with Gasteiger partial charge in [-0.25, -0.2) is 0 Å². The van der Waals surface area contributed by atoms with Crippen LogP contribution in [0.2, 0.25) is 5.02 Å². The molecule has 2 aromatic rings. The highest BCUT2D eigenvalue weighted by Crippen LogP contribution is 2.34.